The van der Waals surface area contributed by atoms with E-state index in [0.29, 0.717) is 0 Å². The average Bonchev–Trinajstić information content (AvgIpc) is 3.30. The monoisotopic (exact) mass is 495 g/mol. The first-order valence-electron chi connectivity index (χ1n) is 11.6. The smallest absolute Gasteiger partial charge is 0.410 e. The zero-order valence-corrected chi connectivity index (χ0v) is 21.9. The van der Waals surface area contributed by atoms with Gasteiger partial charge in [-0.05, 0) is 53.0 Å². The lowest BCUT2D eigenvalue weighted by Gasteiger charge is -2.36. The van der Waals surface area contributed by atoms with E-state index in [4.69, 9.17) is 9.47 Å². The standard InChI is InChI=1S/C24H37N3O6S/c1-17-19(18-11-9-8-10-12-18)24(17,20(28)32-22(2,3)4)25-34(30,31)27-15-13-26(14-16-27)21(29)33-23(5,6)7/h8-12,17,19,25H,13-16H2,1-7H3/t17-,19+,24+/m1/s1. The Morgan fingerprint density at radius 2 is 1.47 bits per heavy atom. The number of nitrogens with zero attached hydrogens (tertiary/aromatic N) is 2. The van der Waals surface area contributed by atoms with Crippen molar-refractivity contribution in [2.75, 3.05) is 26.2 Å². The number of hydrogen-bond acceptors (Lipinski definition) is 6. The van der Waals surface area contributed by atoms with Crippen molar-refractivity contribution in [3.8, 4) is 0 Å². The van der Waals surface area contributed by atoms with E-state index < -0.39 is 39.0 Å². The summed E-state index contributed by atoms with van der Waals surface area (Å²) in [6, 6.07) is 9.39. The predicted molar refractivity (Wildman–Crippen MR) is 128 cm³/mol. The van der Waals surface area contributed by atoms with Crippen LogP contribution in [-0.4, -0.2) is 72.6 Å². The summed E-state index contributed by atoms with van der Waals surface area (Å²) in [5.41, 5.74) is -1.91. The molecule has 34 heavy (non-hydrogen) atoms. The molecular weight excluding hydrogens is 458 g/mol. The Labute approximate surface area is 203 Å². The van der Waals surface area contributed by atoms with Gasteiger partial charge >= 0.3 is 12.1 Å². The fraction of sp³-hybridized carbons (Fsp3) is 0.667. The number of piperazine rings is 1. The zero-order chi connectivity index (χ0) is 25.5. The molecular formula is C24H37N3O6S. The van der Waals surface area contributed by atoms with Gasteiger partial charge in [0.05, 0.1) is 0 Å². The molecule has 1 aromatic carbocycles. The van der Waals surface area contributed by atoms with E-state index in [1.807, 2.05) is 37.3 Å². The Balaban J connectivity index is 1.78. The molecule has 0 bridgehead atoms. The van der Waals surface area contributed by atoms with Crippen molar-refractivity contribution in [2.24, 2.45) is 5.92 Å². The molecule has 1 saturated heterocycles. The van der Waals surface area contributed by atoms with Crippen LogP contribution in [0.4, 0.5) is 4.79 Å². The molecule has 1 amide bonds. The van der Waals surface area contributed by atoms with Gasteiger partial charge in [0.1, 0.15) is 16.7 Å². The van der Waals surface area contributed by atoms with Crippen molar-refractivity contribution >= 4 is 22.3 Å². The number of esters is 1. The van der Waals surface area contributed by atoms with Crippen molar-refractivity contribution in [1.82, 2.24) is 13.9 Å². The molecule has 1 aromatic rings. The second kappa shape index (κ2) is 9.13. The highest BCUT2D eigenvalue weighted by Crippen LogP contribution is 2.58. The Kier molecular flexibility index (Phi) is 7.09. The lowest BCUT2D eigenvalue weighted by molar-refractivity contribution is -0.158. The molecule has 3 atom stereocenters. The Bertz CT molecular complexity index is 1010. The lowest BCUT2D eigenvalue weighted by atomic mass is 10.1. The van der Waals surface area contributed by atoms with Gasteiger partial charge < -0.3 is 14.4 Å². The van der Waals surface area contributed by atoms with Crippen molar-refractivity contribution in [2.45, 2.75) is 71.1 Å². The van der Waals surface area contributed by atoms with Gasteiger partial charge in [0, 0.05) is 32.1 Å². The van der Waals surface area contributed by atoms with E-state index in [2.05, 4.69) is 4.72 Å². The minimum absolute atomic E-state index is 0.101. The van der Waals surface area contributed by atoms with Gasteiger partial charge in [-0.3, -0.25) is 0 Å². The van der Waals surface area contributed by atoms with E-state index in [1.165, 1.54) is 9.21 Å². The molecule has 1 aliphatic heterocycles. The number of amides is 1. The van der Waals surface area contributed by atoms with Crippen LogP contribution in [0.3, 0.4) is 0 Å². The average molecular weight is 496 g/mol. The number of carbonyl (C=O) groups is 2. The molecule has 0 spiro atoms. The molecule has 3 rings (SSSR count). The lowest BCUT2D eigenvalue weighted by Crippen LogP contribution is -2.58. The maximum absolute atomic E-state index is 13.4. The SMILES string of the molecule is C[C@@H]1[C@@H](c2ccccc2)[C@]1(NS(=O)(=O)N1CCN(C(=O)OC(C)(C)C)CC1)C(=O)OC(C)(C)C. The number of rotatable bonds is 5. The van der Waals surface area contributed by atoms with Crippen LogP contribution in [0.2, 0.25) is 0 Å². The number of ether oxygens (including phenoxy) is 2. The van der Waals surface area contributed by atoms with Gasteiger partial charge in [-0.15, -0.1) is 0 Å². The maximum Gasteiger partial charge on any atom is 0.410 e. The largest absolute Gasteiger partial charge is 0.459 e. The molecule has 2 fully saturated rings. The van der Waals surface area contributed by atoms with E-state index in [0.717, 1.165) is 5.56 Å². The Hall–Kier alpha value is -2.17. The second-order valence-corrected chi connectivity index (χ2v) is 12.7. The van der Waals surface area contributed by atoms with Crippen LogP contribution in [0.5, 0.6) is 0 Å². The van der Waals surface area contributed by atoms with Crippen molar-refractivity contribution in [3.05, 3.63) is 35.9 Å². The minimum Gasteiger partial charge on any atom is -0.459 e. The van der Waals surface area contributed by atoms with Gasteiger partial charge in [0.2, 0.25) is 0 Å². The van der Waals surface area contributed by atoms with Crippen molar-refractivity contribution in [1.29, 1.82) is 0 Å². The molecule has 10 heteroatoms. The highest BCUT2D eigenvalue weighted by molar-refractivity contribution is 7.87. The minimum atomic E-state index is -4.03. The van der Waals surface area contributed by atoms with Crippen molar-refractivity contribution in [3.63, 3.8) is 0 Å². The Morgan fingerprint density at radius 1 is 0.941 bits per heavy atom. The molecule has 0 aromatic heterocycles. The first-order valence-corrected chi connectivity index (χ1v) is 13.1. The van der Waals surface area contributed by atoms with Crippen LogP contribution < -0.4 is 4.72 Å². The van der Waals surface area contributed by atoms with E-state index in [-0.39, 0.29) is 38.0 Å². The second-order valence-electron chi connectivity index (χ2n) is 11.0. The third-order valence-electron chi connectivity index (χ3n) is 6.02. The van der Waals surface area contributed by atoms with Crippen LogP contribution in [-0.2, 0) is 24.5 Å². The van der Waals surface area contributed by atoms with Crippen LogP contribution in [0.1, 0.15) is 59.9 Å². The molecule has 0 radical (unpaired) electrons. The highest BCUT2D eigenvalue weighted by atomic mass is 32.2. The summed E-state index contributed by atoms with van der Waals surface area (Å²) in [6.45, 7) is 13.1. The molecule has 1 saturated carbocycles. The van der Waals surface area contributed by atoms with Gasteiger partial charge in [0.25, 0.3) is 10.2 Å². The first-order chi connectivity index (χ1) is 15.6. The molecule has 1 aliphatic carbocycles. The van der Waals surface area contributed by atoms with E-state index >= 15 is 0 Å². The van der Waals surface area contributed by atoms with Crippen LogP contribution >= 0.6 is 0 Å². The third kappa shape index (κ3) is 5.72. The molecule has 1 N–H and O–H groups in total. The number of hydrogen-bond donors (Lipinski definition) is 1. The van der Waals surface area contributed by atoms with Gasteiger partial charge in [0.15, 0.2) is 0 Å². The zero-order valence-electron chi connectivity index (χ0n) is 21.1. The van der Waals surface area contributed by atoms with Crippen LogP contribution in [0.25, 0.3) is 0 Å². The van der Waals surface area contributed by atoms with Gasteiger partial charge in [-0.1, -0.05) is 37.3 Å². The summed E-state index contributed by atoms with van der Waals surface area (Å²) in [6.07, 6.45) is -0.470. The molecule has 0 unspecified atom stereocenters. The van der Waals surface area contributed by atoms with E-state index in [9.17, 15) is 18.0 Å². The number of benzene rings is 1. The summed E-state index contributed by atoms with van der Waals surface area (Å²) in [7, 11) is -4.03. The molecule has 190 valence electrons. The predicted octanol–water partition coefficient (Wildman–Crippen LogP) is 2.89. The summed E-state index contributed by atoms with van der Waals surface area (Å²) in [5, 5.41) is 0. The highest BCUT2D eigenvalue weighted by Gasteiger charge is 2.71. The summed E-state index contributed by atoms with van der Waals surface area (Å²) in [4.78, 5) is 27.2. The molecule has 9 nitrogen and oxygen atoms in total. The van der Waals surface area contributed by atoms with Crippen LogP contribution in [0.15, 0.2) is 30.3 Å². The summed E-state index contributed by atoms with van der Waals surface area (Å²) >= 11 is 0. The topological polar surface area (TPSA) is 105 Å². The molecule has 1 heterocycles. The fourth-order valence-corrected chi connectivity index (χ4v) is 5.96. The number of nitrogens with one attached hydrogen (secondary N) is 1. The van der Waals surface area contributed by atoms with Crippen molar-refractivity contribution < 1.29 is 27.5 Å². The summed E-state index contributed by atoms with van der Waals surface area (Å²) in [5.74, 6) is -1.22. The van der Waals surface area contributed by atoms with Gasteiger partial charge in [-0.2, -0.15) is 17.4 Å². The fourth-order valence-electron chi connectivity index (χ4n) is 4.36. The maximum atomic E-state index is 13.4. The normalized spacial score (nSPS) is 26.1. The first kappa shape index (κ1) is 26.4. The Morgan fingerprint density at radius 3 is 1.97 bits per heavy atom. The number of carbonyl (C=O) groups excluding carboxylic acids is 2. The van der Waals surface area contributed by atoms with Crippen LogP contribution in [0, 0.1) is 5.92 Å². The molecule has 2 aliphatic rings. The van der Waals surface area contributed by atoms with E-state index in [1.54, 1.807) is 41.5 Å². The van der Waals surface area contributed by atoms with Gasteiger partial charge in [-0.25, -0.2) is 9.59 Å². The summed E-state index contributed by atoms with van der Waals surface area (Å²) < 4.78 is 41.8. The quantitative estimate of drug-likeness (QED) is 0.630. The third-order valence-corrected chi connectivity index (χ3v) is 7.66.